The SMILES string of the molecule is CCC(CCCNc1ncc(-c2nc3c(Cl)cc(Cl)cc3[nH]2)c(C(F)(F)F)n1)CCN(C)C. The van der Waals surface area contributed by atoms with E-state index in [0.717, 1.165) is 38.4 Å². The molecule has 0 saturated heterocycles. The molecule has 0 amide bonds. The van der Waals surface area contributed by atoms with Crippen LogP contribution in [0.1, 0.15) is 38.3 Å². The number of H-pyrrole nitrogens is 1. The van der Waals surface area contributed by atoms with Gasteiger partial charge in [0, 0.05) is 17.8 Å². The molecule has 6 nitrogen and oxygen atoms in total. The Morgan fingerprint density at radius 2 is 1.91 bits per heavy atom. The van der Waals surface area contributed by atoms with Crippen LogP contribution < -0.4 is 5.32 Å². The number of hydrogen-bond acceptors (Lipinski definition) is 5. The standard InChI is InChI=1S/C22H27Cl2F3N6/c1-4-13(7-9-33(2)3)6-5-8-28-21-29-12-15(19(32-21)22(25,26)27)20-30-17-11-14(23)10-16(24)18(17)31-20/h10-13H,4-9H2,1-3H3,(H,30,31)(H,28,29,32). The minimum atomic E-state index is -4.69. The molecule has 2 heterocycles. The molecule has 2 N–H and O–H groups in total. The number of aromatic amines is 1. The molecule has 0 saturated carbocycles. The number of anilines is 1. The first-order chi connectivity index (χ1) is 15.6. The van der Waals surface area contributed by atoms with E-state index < -0.39 is 11.9 Å². The van der Waals surface area contributed by atoms with Crippen molar-refractivity contribution in [1.82, 2.24) is 24.8 Å². The average Bonchev–Trinajstić information content (AvgIpc) is 3.16. The Labute approximate surface area is 200 Å². The zero-order valence-electron chi connectivity index (χ0n) is 18.7. The molecular formula is C22H27Cl2F3N6. The molecule has 33 heavy (non-hydrogen) atoms. The van der Waals surface area contributed by atoms with Gasteiger partial charge in [-0.25, -0.2) is 15.0 Å². The van der Waals surface area contributed by atoms with Gasteiger partial charge in [0.25, 0.3) is 0 Å². The minimum Gasteiger partial charge on any atom is -0.354 e. The molecule has 0 spiro atoms. The molecule has 180 valence electrons. The third kappa shape index (κ3) is 6.71. The fraction of sp³-hybridized carbons (Fsp3) is 0.500. The lowest BCUT2D eigenvalue weighted by Gasteiger charge is -2.18. The van der Waals surface area contributed by atoms with E-state index in [1.807, 2.05) is 14.1 Å². The van der Waals surface area contributed by atoms with Crippen molar-refractivity contribution >= 4 is 40.2 Å². The molecule has 3 aromatic rings. The van der Waals surface area contributed by atoms with Crippen LogP contribution in [0.4, 0.5) is 19.1 Å². The van der Waals surface area contributed by atoms with Gasteiger partial charge in [-0.05, 0) is 58.0 Å². The fourth-order valence-electron chi connectivity index (χ4n) is 3.61. The normalized spacial score (nSPS) is 13.1. The predicted molar refractivity (Wildman–Crippen MR) is 127 cm³/mol. The lowest BCUT2D eigenvalue weighted by atomic mass is 9.96. The Hall–Kier alpha value is -2.10. The van der Waals surface area contributed by atoms with Gasteiger partial charge in [-0.2, -0.15) is 13.2 Å². The maximum absolute atomic E-state index is 13.8. The van der Waals surface area contributed by atoms with E-state index in [4.69, 9.17) is 23.2 Å². The van der Waals surface area contributed by atoms with Crippen LogP contribution in [0.25, 0.3) is 22.4 Å². The van der Waals surface area contributed by atoms with Gasteiger partial charge in [-0.1, -0.05) is 36.5 Å². The Morgan fingerprint density at radius 1 is 1.15 bits per heavy atom. The van der Waals surface area contributed by atoms with Gasteiger partial charge in [0.05, 0.1) is 16.1 Å². The van der Waals surface area contributed by atoms with Crippen LogP contribution in [0.3, 0.4) is 0 Å². The summed E-state index contributed by atoms with van der Waals surface area (Å²) in [4.78, 5) is 17.0. The molecule has 11 heteroatoms. The summed E-state index contributed by atoms with van der Waals surface area (Å²) in [5, 5.41) is 3.51. The van der Waals surface area contributed by atoms with Gasteiger partial charge in [-0.3, -0.25) is 0 Å². The van der Waals surface area contributed by atoms with Crippen molar-refractivity contribution < 1.29 is 13.2 Å². The van der Waals surface area contributed by atoms with Crippen molar-refractivity contribution in [3.05, 3.63) is 34.1 Å². The number of imidazole rings is 1. The highest BCUT2D eigenvalue weighted by molar-refractivity contribution is 6.38. The summed E-state index contributed by atoms with van der Waals surface area (Å²) < 4.78 is 41.4. The van der Waals surface area contributed by atoms with Gasteiger partial charge < -0.3 is 15.2 Å². The zero-order chi connectivity index (χ0) is 24.2. The number of nitrogens with zero attached hydrogens (tertiary/aromatic N) is 4. The lowest BCUT2D eigenvalue weighted by molar-refractivity contribution is -0.140. The number of alkyl halides is 3. The van der Waals surface area contributed by atoms with Crippen LogP contribution in [0, 0.1) is 5.92 Å². The van der Waals surface area contributed by atoms with E-state index in [2.05, 4.69) is 37.1 Å². The molecule has 0 fully saturated rings. The molecule has 0 aliphatic heterocycles. The maximum Gasteiger partial charge on any atom is 0.434 e. The highest BCUT2D eigenvalue weighted by Gasteiger charge is 2.37. The molecule has 1 aromatic carbocycles. The molecule has 0 bridgehead atoms. The second-order valence-corrected chi connectivity index (χ2v) is 9.10. The van der Waals surface area contributed by atoms with Crippen LogP contribution >= 0.6 is 23.2 Å². The summed E-state index contributed by atoms with van der Waals surface area (Å²) >= 11 is 12.1. The minimum absolute atomic E-state index is 0.0280. The van der Waals surface area contributed by atoms with Gasteiger partial charge in [0.15, 0.2) is 5.69 Å². The van der Waals surface area contributed by atoms with Gasteiger partial charge in [-0.15, -0.1) is 0 Å². The highest BCUT2D eigenvalue weighted by atomic mass is 35.5. The molecular weight excluding hydrogens is 476 g/mol. The van der Waals surface area contributed by atoms with Crippen LogP contribution in [0.15, 0.2) is 18.3 Å². The van der Waals surface area contributed by atoms with Gasteiger partial charge >= 0.3 is 6.18 Å². The Morgan fingerprint density at radius 3 is 2.58 bits per heavy atom. The van der Waals surface area contributed by atoms with Crippen molar-refractivity contribution in [1.29, 1.82) is 0 Å². The van der Waals surface area contributed by atoms with E-state index >= 15 is 0 Å². The van der Waals surface area contributed by atoms with Crippen molar-refractivity contribution in [2.24, 2.45) is 5.92 Å². The van der Waals surface area contributed by atoms with Crippen molar-refractivity contribution in [2.75, 3.05) is 32.5 Å². The number of rotatable bonds is 10. The molecule has 1 unspecified atom stereocenters. The fourth-order valence-corrected chi connectivity index (χ4v) is 4.15. The summed E-state index contributed by atoms with van der Waals surface area (Å²) in [7, 11) is 4.09. The summed E-state index contributed by atoms with van der Waals surface area (Å²) in [5.74, 6) is 0.487. The summed E-state index contributed by atoms with van der Waals surface area (Å²) in [6.07, 6.45) is 0.417. The number of benzene rings is 1. The third-order valence-corrected chi connectivity index (χ3v) is 5.96. The largest absolute Gasteiger partial charge is 0.434 e. The van der Waals surface area contributed by atoms with Crippen LogP contribution in [0.2, 0.25) is 10.0 Å². The topological polar surface area (TPSA) is 69.7 Å². The Balaban J connectivity index is 1.75. The quantitative estimate of drug-likeness (QED) is 0.309. The van der Waals surface area contributed by atoms with Crippen LogP contribution in [-0.4, -0.2) is 52.0 Å². The summed E-state index contributed by atoms with van der Waals surface area (Å²) in [5.41, 5.74) is -0.575. The first-order valence-electron chi connectivity index (χ1n) is 10.8. The smallest absolute Gasteiger partial charge is 0.354 e. The third-order valence-electron chi connectivity index (χ3n) is 5.45. The second kappa shape index (κ2) is 10.9. The van der Waals surface area contributed by atoms with Crippen molar-refractivity contribution in [3.63, 3.8) is 0 Å². The molecule has 1 atom stereocenters. The molecule has 0 aliphatic rings. The molecule has 3 rings (SSSR count). The molecule has 0 radical (unpaired) electrons. The number of halogens is 5. The van der Waals surface area contributed by atoms with E-state index in [-0.39, 0.29) is 22.4 Å². The molecule has 0 aliphatic carbocycles. The van der Waals surface area contributed by atoms with Gasteiger partial charge in [0.1, 0.15) is 11.3 Å². The van der Waals surface area contributed by atoms with Gasteiger partial charge in [0.2, 0.25) is 5.95 Å². The highest BCUT2D eigenvalue weighted by Crippen LogP contribution is 2.36. The predicted octanol–water partition coefficient (Wildman–Crippen LogP) is 6.52. The lowest BCUT2D eigenvalue weighted by Crippen LogP contribution is -2.17. The number of aromatic nitrogens is 4. The van der Waals surface area contributed by atoms with Crippen LogP contribution in [-0.2, 0) is 6.18 Å². The Bertz CT molecular complexity index is 1080. The van der Waals surface area contributed by atoms with Crippen molar-refractivity contribution in [3.8, 4) is 11.4 Å². The van der Waals surface area contributed by atoms with E-state index in [0.29, 0.717) is 28.5 Å². The average molecular weight is 503 g/mol. The van der Waals surface area contributed by atoms with E-state index in [1.165, 1.54) is 6.07 Å². The summed E-state index contributed by atoms with van der Waals surface area (Å²) in [6, 6.07) is 3.03. The Kier molecular flexibility index (Phi) is 8.42. The molecule has 2 aromatic heterocycles. The zero-order valence-corrected chi connectivity index (χ0v) is 20.2. The maximum atomic E-state index is 13.8. The van der Waals surface area contributed by atoms with E-state index in [9.17, 15) is 13.2 Å². The number of nitrogens with one attached hydrogen (secondary N) is 2. The summed E-state index contributed by atoms with van der Waals surface area (Å²) in [6.45, 7) is 3.67. The van der Waals surface area contributed by atoms with Crippen molar-refractivity contribution in [2.45, 2.75) is 38.8 Å². The number of fused-ring (bicyclic) bond motifs is 1. The number of hydrogen-bond donors (Lipinski definition) is 2. The monoisotopic (exact) mass is 502 g/mol. The first kappa shape index (κ1) is 25.5. The first-order valence-corrected chi connectivity index (χ1v) is 11.5. The van der Waals surface area contributed by atoms with E-state index in [1.54, 1.807) is 6.07 Å². The second-order valence-electron chi connectivity index (χ2n) is 8.26. The van der Waals surface area contributed by atoms with Crippen LogP contribution in [0.5, 0.6) is 0 Å².